The molecule has 20 heavy (non-hydrogen) atoms. The summed E-state index contributed by atoms with van der Waals surface area (Å²) in [6.07, 6.45) is 6.58. The Bertz CT molecular complexity index is 434. The second-order valence-electron chi connectivity index (χ2n) is 5.00. The van der Waals surface area contributed by atoms with E-state index in [0.717, 1.165) is 18.4 Å². The number of pyridine rings is 1. The predicted octanol–water partition coefficient (Wildman–Crippen LogP) is 1.79. The van der Waals surface area contributed by atoms with Crippen molar-refractivity contribution in [1.82, 2.24) is 10.3 Å². The van der Waals surface area contributed by atoms with Crippen LogP contribution in [-0.4, -0.2) is 23.0 Å². The minimum absolute atomic E-state index is 0. The summed E-state index contributed by atoms with van der Waals surface area (Å²) in [5.41, 5.74) is 6.40. The van der Waals surface area contributed by atoms with E-state index in [9.17, 15) is 4.79 Å². The van der Waals surface area contributed by atoms with E-state index in [-0.39, 0.29) is 24.4 Å². The quantitative estimate of drug-likeness (QED) is 0.869. The monoisotopic (exact) mass is 299 g/mol. The molecular weight excluding hydrogens is 278 g/mol. The maximum atomic E-state index is 11.5. The smallest absolute Gasteiger partial charge is 0.236 e. The van der Waals surface area contributed by atoms with Gasteiger partial charge in [0.2, 0.25) is 11.8 Å². The van der Waals surface area contributed by atoms with Crippen LogP contribution in [-0.2, 0) is 11.3 Å². The maximum absolute atomic E-state index is 11.5. The molecule has 1 aromatic rings. The number of hydrogen-bond acceptors (Lipinski definition) is 4. The van der Waals surface area contributed by atoms with Gasteiger partial charge < -0.3 is 15.8 Å². The molecule has 112 valence electrons. The minimum atomic E-state index is -0.504. The van der Waals surface area contributed by atoms with Gasteiger partial charge in [-0.05, 0) is 38.7 Å². The molecule has 0 aromatic carbocycles. The first kappa shape index (κ1) is 16.7. The van der Waals surface area contributed by atoms with Gasteiger partial charge in [-0.25, -0.2) is 4.98 Å². The minimum Gasteiger partial charge on any atom is -0.474 e. The van der Waals surface area contributed by atoms with E-state index in [1.807, 2.05) is 12.1 Å². The molecule has 1 fully saturated rings. The molecule has 1 aromatic heterocycles. The standard InChI is InChI=1S/C14H21N3O2.ClH/c1-10(15)13(18)17-9-11-5-4-8-16-14(11)19-12-6-2-3-7-12;/h4-5,8,10,12H,2-3,6-7,9,15H2,1H3,(H,17,18);1H. The Morgan fingerprint density at radius 3 is 2.90 bits per heavy atom. The largest absolute Gasteiger partial charge is 0.474 e. The van der Waals surface area contributed by atoms with Gasteiger partial charge in [-0.2, -0.15) is 0 Å². The van der Waals surface area contributed by atoms with Crippen LogP contribution in [0.5, 0.6) is 5.88 Å². The third-order valence-electron chi connectivity index (χ3n) is 3.30. The Labute approximate surface area is 125 Å². The summed E-state index contributed by atoms with van der Waals surface area (Å²) in [4.78, 5) is 15.7. The summed E-state index contributed by atoms with van der Waals surface area (Å²) in [5.74, 6) is 0.454. The number of carbonyl (C=O) groups is 1. The fraction of sp³-hybridized carbons (Fsp3) is 0.571. The topological polar surface area (TPSA) is 77.2 Å². The Balaban J connectivity index is 0.00000200. The molecule has 6 heteroatoms. The first-order valence-electron chi connectivity index (χ1n) is 6.80. The highest BCUT2D eigenvalue weighted by molar-refractivity contribution is 5.85. The lowest BCUT2D eigenvalue weighted by Gasteiger charge is -2.15. The van der Waals surface area contributed by atoms with Crippen molar-refractivity contribution in [3.63, 3.8) is 0 Å². The van der Waals surface area contributed by atoms with Crippen molar-refractivity contribution in [3.8, 4) is 5.88 Å². The number of aromatic nitrogens is 1. The summed E-state index contributed by atoms with van der Waals surface area (Å²) >= 11 is 0. The lowest BCUT2D eigenvalue weighted by atomic mass is 10.2. The highest BCUT2D eigenvalue weighted by Crippen LogP contribution is 2.24. The van der Waals surface area contributed by atoms with E-state index >= 15 is 0 Å². The number of nitrogens with one attached hydrogen (secondary N) is 1. The molecule has 1 atom stereocenters. The maximum Gasteiger partial charge on any atom is 0.236 e. The fourth-order valence-corrected chi connectivity index (χ4v) is 2.17. The SMILES string of the molecule is CC(N)C(=O)NCc1cccnc1OC1CCCC1.Cl. The molecule has 1 unspecified atom stereocenters. The fourth-order valence-electron chi connectivity index (χ4n) is 2.17. The van der Waals surface area contributed by atoms with Crippen LogP contribution in [0, 0.1) is 0 Å². The van der Waals surface area contributed by atoms with Gasteiger partial charge in [0.1, 0.15) is 6.10 Å². The van der Waals surface area contributed by atoms with E-state index in [1.54, 1.807) is 13.1 Å². The van der Waals surface area contributed by atoms with Gasteiger partial charge in [-0.15, -0.1) is 12.4 Å². The van der Waals surface area contributed by atoms with Crippen molar-refractivity contribution in [2.45, 2.75) is 51.3 Å². The average Bonchev–Trinajstić information content (AvgIpc) is 2.90. The Hall–Kier alpha value is -1.33. The summed E-state index contributed by atoms with van der Waals surface area (Å²) in [6, 6.07) is 3.25. The van der Waals surface area contributed by atoms with Crippen molar-refractivity contribution in [2.24, 2.45) is 5.73 Å². The van der Waals surface area contributed by atoms with Gasteiger partial charge in [0, 0.05) is 18.3 Å². The van der Waals surface area contributed by atoms with E-state index in [2.05, 4.69) is 10.3 Å². The van der Waals surface area contributed by atoms with E-state index in [4.69, 9.17) is 10.5 Å². The number of amides is 1. The number of ether oxygens (including phenoxy) is 1. The highest BCUT2D eigenvalue weighted by atomic mass is 35.5. The number of nitrogens with two attached hydrogens (primary N) is 1. The summed E-state index contributed by atoms with van der Waals surface area (Å²) in [7, 11) is 0. The molecule has 0 spiro atoms. The molecule has 0 saturated heterocycles. The summed E-state index contributed by atoms with van der Waals surface area (Å²) in [6.45, 7) is 2.06. The molecule has 2 rings (SSSR count). The zero-order valence-electron chi connectivity index (χ0n) is 11.7. The number of hydrogen-bond donors (Lipinski definition) is 2. The zero-order valence-corrected chi connectivity index (χ0v) is 12.5. The van der Waals surface area contributed by atoms with Crippen LogP contribution >= 0.6 is 12.4 Å². The third-order valence-corrected chi connectivity index (χ3v) is 3.30. The first-order valence-corrected chi connectivity index (χ1v) is 6.80. The van der Waals surface area contributed by atoms with Crippen molar-refractivity contribution in [1.29, 1.82) is 0 Å². The molecule has 1 aliphatic rings. The molecule has 1 saturated carbocycles. The van der Waals surface area contributed by atoms with Crippen LogP contribution in [0.15, 0.2) is 18.3 Å². The number of nitrogens with zero attached hydrogens (tertiary/aromatic N) is 1. The summed E-state index contributed by atoms with van der Waals surface area (Å²) < 4.78 is 5.91. The molecule has 0 aliphatic heterocycles. The normalized spacial score (nSPS) is 16.3. The Morgan fingerprint density at radius 1 is 1.55 bits per heavy atom. The Kier molecular flexibility index (Phi) is 6.75. The Morgan fingerprint density at radius 2 is 2.25 bits per heavy atom. The van der Waals surface area contributed by atoms with Crippen LogP contribution in [0.4, 0.5) is 0 Å². The van der Waals surface area contributed by atoms with Gasteiger partial charge in [0.05, 0.1) is 6.04 Å². The zero-order chi connectivity index (χ0) is 13.7. The molecule has 1 aliphatic carbocycles. The molecule has 0 radical (unpaired) electrons. The molecule has 1 amide bonds. The van der Waals surface area contributed by atoms with E-state index in [1.165, 1.54) is 12.8 Å². The molecular formula is C14H22ClN3O2. The lowest BCUT2D eigenvalue weighted by molar-refractivity contribution is -0.122. The van der Waals surface area contributed by atoms with Gasteiger partial charge in [0.15, 0.2) is 0 Å². The lowest BCUT2D eigenvalue weighted by Crippen LogP contribution is -2.37. The molecule has 0 bridgehead atoms. The van der Waals surface area contributed by atoms with Gasteiger partial charge in [-0.3, -0.25) is 4.79 Å². The van der Waals surface area contributed by atoms with E-state index < -0.39 is 6.04 Å². The second-order valence-corrected chi connectivity index (χ2v) is 5.00. The van der Waals surface area contributed by atoms with Gasteiger partial charge >= 0.3 is 0 Å². The summed E-state index contributed by atoms with van der Waals surface area (Å²) in [5, 5.41) is 2.78. The molecule has 1 heterocycles. The predicted molar refractivity (Wildman–Crippen MR) is 79.9 cm³/mol. The van der Waals surface area contributed by atoms with Crippen LogP contribution in [0.3, 0.4) is 0 Å². The van der Waals surface area contributed by atoms with Crippen molar-refractivity contribution in [3.05, 3.63) is 23.9 Å². The van der Waals surface area contributed by atoms with E-state index in [0.29, 0.717) is 12.4 Å². The van der Waals surface area contributed by atoms with Gasteiger partial charge in [-0.1, -0.05) is 6.07 Å². The van der Waals surface area contributed by atoms with Crippen LogP contribution in [0.25, 0.3) is 0 Å². The van der Waals surface area contributed by atoms with Crippen molar-refractivity contribution < 1.29 is 9.53 Å². The highest BCUT2D eigenvalue weighted by Gasteiger charge is 2.18. The van der Waals surface area contributed by atoms with Crippen molar-refractivity contribution >= 4 is 18.3 Å². The number of carbonyl (C=O) groups excluding carboxylic acids is 1. The average molecular weight is 300 g/mol. The van der Waals surface area contributed by atoms with Crippen LogP contribution in [0.2, 0.25) is 0 Å². The molecule has 5 nitrogen and oxygen atoms in total. The number of halogens is 1. The second kappa shape index (κ2) is 8.07. The van der Waals surface area contributed by atoms with Gasteiger partial charge in [0.25, 0.3) is 0 Å². The third kappa shape index (κ3) is 4.65. The first-order chi connectivity index (χ1) is 9.16. The van der Waals surface area contributed by atoms with Crippen LogP contribution < -0.4 is 15.8 Å². The number of rotatable bonds is 5. The van der Waals surface area contributed by atoms with Crippen molar-refractivity contribution in [2.75, 3.05) is 0 Å². The molecule has 3 N–H and O–H groups in total. The van der Waals surface area contributed by atoms with Crippen LogP contribution in [0.1, 0.15) is 38.2 Å².